The first-order chi connectivity index (χ1) is 9.10. The van der Waals surface area contributed by atoms with Crippen LogP contribution in [0.3, 0.4) is 0 Å². The number of carbonyl (C=O) groups excluding carboxylic acids is 1. The van der Waals surface area contributed by atoms with E-state index < -0.39 is 11.0 Å². The minimum atomic E-state index is -0.615. The van der Waals surface area contributed by atoms with E-state index in [-0.39, 0.29) is 12.4 Å². The fourth-order valence-corrected chi connectivity index (χ4v) is 2.12. The maximum absolute atomic E-state index is 10.5. The molecule has 0 N–H and O–H groups in total. The molecule has 19 heavy (non-hydrogen) atoms. The molecule has 9 nitrogen and oxygen atoms in total. The van der Waals surface area contributed by atoms with Gasteiger partial charge in [0.1, 0.15) is 17.7 Å². The third-order valence-electron chi connectivity index (χ3n) is 2.19. The monoisotopic (exact) mass is 283 g/mol. The molecule has 2 aromatic rings. The van der Waals surface area contributed by atoms with Crippen LogP contribution in [0.4, 0.5) is 5.82 Å². The third-order valence-corrected chi connectivity index (χ3v) is 3.25. The van der Waals surface area contributed by atoms with E-state index in [2.05, 4.69) is 15.2 Å². The molecule has 0 aliphatic heterocycles. The van der Waals surface area contributed by atoms with Crippen LogP contribution in [0.1, 0.15) is 23.7 Å². The van der Waals surface area contributed by atoms with E-state index in [9.17, 15) is 14.9 Å². The summed E-state index contributed by atoms with van der Waals surface area (Å²) in [6, 6.07) is 0. The van der Waals surface area contributed by atoms with Crippen LogP contribution in [-0.2, 0) is 16.1 Å². The maximum atomic E-state index is 10.5. The highest BCUT2D eigenvalue weighted by Crippen LogP contribution is 2.20. The normalized spacial score (nSPS) is 12.1. The van der Waals surface area contributed by atoms with E-state index in [4.69, 9.17) is 4.74 Å². The summed E-state index contributed by atoms with van der Waals surface area (Å²) in [6.45, 7) is 2.29. The van der Waals surface area contributed by atoms with Gasteiger partial charge in [-0.15, -0.1) is 16.4 Å². The van der Waals surface area contributed by atoms with Gasteiger partial charge in [0, 0.05) is 5.38 Å². The molecule has 0 bridgehead atoms. The predicted molar refractivity (Wildman–Crippen MR) is 63.5 cm³/mol. The summed E-state index contributed by atoms with van der Waals surface area (Å²) in [7, 11) is 0. The van der Waals surface area contributed by atoms with Crippen molar-refractivity contribution in [3.8, 4) is 0 Å². The first-order valence-electron chi connectivity index (χ1n) is 5.18. The summed E-state index contributed by atoms with van der Waals surface area (Å²) >= 11 is 1.33. The van der Waals surface area contributed by atoms with Gasteiger partial charge in [-0.1, -0.05) is 4.80 Å². The first-order valence-corrected chi connectivity index (χ1v) is 6.06. The lowest BCUT2D eigenvalue weighted by molar-refractivity contribution is -0.389. The Labute approximate surface area is 111 Å². The summed E-state index contributed by atoms with van der Waals surface area (Å²) in [4.78, 5) is 25.5. The van der Waals surface area contributed by atoms with E-state index in [1.54, 1.807) is 12.3 Å². The number of nitrogens with zero attached hydrogens (tertiary/aromatic N) is 5. The van der Waals surface area contributed by atoms with Gasteiger partial charge in [0.25, 0.3) is 6.47 Å². The molecule has 2 rings (SSSR count). The molecule has 0 radical (unpaired) electrons. The van der Waals surface area contributed by atoms with Crippen molar-refractivity contribution in [1.82, 2.24) is 20.0 Å². The van der Waals surface area contributed by atoms with Gasteiger partial charge in [0.05, 0.1) is 10.8 Å². The Morgan fingerprint density at radius 3 is 3.11 bits per heavy atom. The molecule has 100 valence electrons. The Hall–Kier alpha value is -2.36. The minimum absolute atomic E-state index is 0.220. The quantitative estimate of drug-likeness (QED) is 0.440. The van der Waals surface area contributed by atoms with Crippen molar-refractivity contribution in [2.24, 2.45) is 0 Å². The zero-order valence-corrected chi connectivity index (χ0v) is 10.6. The van der Waals surface area contributed by atoms with Gasteiger partial charge in [-0.05, 0) is 11.8 Å². The molecule has 1 unspecified atom stereocenters. The summed E-state index contributed by atoms with van der Waals surface area (Å²) in [5, 5.41) is 20.3. The summed E-state index contributed by atoms with van der Waals surface area (Å²) in [5.74, 6) is -0.312. The fourth-order valence-electron chi connectivity index (χ4n) is 1.32. The highest BCUT2D eigenvalue weighted by Gasteiger charge is 2.15. The predicted octanol–water partition coefficient (Wildman–Crippen LogP) is 0.925. The van der Waals surface area contributed by atoms with Crippen molar-refractivity contribution >= 4 is 23.6 Å². The molecule has 0 saturated heterocycles. The van der Waals surface area contributed by atoms with Crippen LogP contribution in [0.15, 0.2) is 11.6 Å². The van der Waals surface area contributed by atoms with E-state index in [1.807, 2.05) is 0 Å². The number of rotatable bonds is 6. The van der Waals surface area contributed by atoms with Crippen molar-refractivity contribution in [2.45, 2.75) is 19.6 Å². The zero-order chi connectivity index (χ0) is 13.8. The van der Waals surface area contributed by atoms with Gasteiger partial charge in [0.2, 0.25) is 0 Å². The van der Waals surface area contributed by atoms with Gasteiger partial charge in [0.15, 0.2) is 6.20 Å². The average Bonchev–Trinajstić information content (AvgIpc) is 2.99. The number of hydrogen-bond acceptors (Lipinski definition) is 8. The molecule has 0 amide bonds. The summed E-state index contributed by atoms with van der Waals surface area (Å²) in [6.07, 6.45) is 0.655. The van der Waals surface area contributed by atoms with Crippen LogP contribution in [-0.4, -0.2) is 31.4 Å². The Morgan fingerprint density at radius 1 is 1.68 bits per heavy atom. The fraction of sp³-hybridized carbons (Fsp3) is 0.333. The molecule has 0 aliphatic carbocycles. The van der Waals surface area contributed by atoms with Crippen molar-refractivity contribution in [3.05, 3.63) is 32.4 Å². The van der Waals surface area contributed by atoms with E-state index in [0.717, 1.165) is 6.20 Å². The van der Waals surface area contributed by atoms with Crippen molar-refractivity contribution in [1.29, 1.82) is 0 Å². The van der Waals surface area contributed by atoms with E-state index in [1.165, 1.54) is 16.1 Å². The molecule has 0 aromatic carbocycles. The molecule has 2 heterocycles. The molecule has 1 atom stereocenters. The Balaban J connectivity index is 2.06. The third kappa shape index (κ3) is 3.10. The molecule has 0 saturated carbocycles. The van der Waals surface area contributed by atoms with Gasteiger partial charge in [-0.25, -0.2) is 4.98 Å². The molecular formula is C9H9N5O4S. The van der Waals surface area contributed by atoms with Crippen molar-refractivity contribution < 1.29 is 14.5 Å². The van der Waals surface area contributed by atoms with Crippen LogP contribution in [0.5, 0.6) is 0 Å². The van der Waals surface area contributed by atoms with E-state index in [0.29, 0.717) is 17.2 Å². The Kier molecular flexibility index (Phi) is 3.80. The van der Waals surface area contributed by atoms with Gasteiger partial charge in [-0.2, -0.15) is 0 Å². The number of nitro groups is 1. The lowest BCUT2D eigenvalue weighted by atomic mass is 10.4. The highest BCUT2D eigenvalue weighted by atomic mass is 32.1. The second kappa shape index (κ2) is 5.52. The van der Waals surface area contributed by atoms with Gasteiger partial charge in [-0.3, -0.25) is 4.79 Å². The average molecular weight is 283 g/mol. The topological polar surface area (TPSA) is 113 Å². The van der Waals surface area contributed by atoms with Crippen LogP contribution in [0.25, 0.3) is 0 Å². The standard InChI is InChI=1S/C9H9N5O4S/c1-6(18-5-15)9-11-7(4-19-9)3-13-10-2-8(12-13)14(16)17/h2,4-6H,3H2,1H3. The SMILES string of the molecule is CC(OC=O)c1nc(Cn2ncc([N+](=O)[O-])n2)cs1. The van der Waals surface area contributed by atoms with E-state index >= 15 is 0 Å². The maximum Gasteiger partial charge on any atom is 0.410 e. The van der Waals surface area contributed by atoms with Crippen molar-refractivity contribution in [3.63, 3.8) is 0 Å². The minimum Gasteiger partial charge on any atom is -0.457 e. The Morgan fingerprint density at radius 2 is 2.47 bits per heavy atom. The number of carbonyl (C=O) groups is 1. The van der Waals surface area contributed by atoms with Crippen LogP contribution in [0, 0.1) is 10.1 Å². The highest BCUT2D eigenvalue weighted by molar-refractivity contribution is 7.09. The summed E-state index contributed by atoms with van der Waals surface area (Å²) in [5.41, 5.74) is 0.645. The Bertz CT molecular complexity index is 595. The van der Waals surface area contributed by atoms with Crippen LogP contribution < -0.4 is 0 Å². The second-order valence-corrected chi connectivity index (χ2v) is 4.43. The van der Waals surface area contributed by atoms with Crippen molar-refractivity contribution in [2.75, 3.05) is 0 Å². The molecule has 10 heteroatoms. The lowest BCUT2D eigenvalue weighted by Gasteiger charge is -2.03. The smallest absolute Gasteiger partial charge is 0.410 e. The number of thiazole rings is 1. The second-order valence-electron chi connectivity index (χ2n) is 3.54. The molecule has 0 fully saturated rings. The van der Waals surface area contributed by atoms with Gasteiger partial charge < -0.3 is 14.9 Å². The number of hydrogen-bond donors (Lipinski definition) is 0. The van der Waals surface area contributed by atoms with Gasteiger partial charge >= 0.3 is 5.82 Å². The number of ether oxygens (including phenoxy) is 1. The van der Waals surface area contributed by atoms with Crippen LogP contribution >= 0.6 is 11.3 Å². The lowest BCUT2D eigenvalue weighted by Crippen LogP contribution is -2.05. The molecule has 0 aliphatic rings. The molecular weight excluding hydrogens is 274 g/mol. The molecule has 0 spiro atoms. The zero-order valence-electron chi connectivity index (χ0n) is 9.79. The van der Waals surface area contributed by atoms with Crippen LogP contribution in [0.2, 0.25) is 0 Å². The first kappa shape index (κ1) is 13.1. The number of aromatic nitrogens is 4. The summed E-state index contributed by atoms with van der Waals surface area (Å²) < 4.78 is 4.77. The largest absolute Gasteiger partial charge is 0.457 e. The molecule has 2 aromatic heterocycles.